The van der Waals surface area contributed by atoms with Crippen molar-refractivity contribution in [2.45, 2.75) is 26.2 Å². The Kier molecular flexibility index (Phi) is 1.75. The number of thioether (sulfide) groups is 1. The van der Waals surface area contributed by atoms with E-state index in [0.717, 1.165) is 24.2 Å². The van der Waals surface area contributed by atoms with Crippen LogP contribution in [0.5, 0.6) is 0 Å². The van der Waals surface area contributed by atoms with Crippen LogP contribution in [0.1, 0.15) is 26.2 Å². The quantitative estimate of drug-likeness (QED) is 0.645. The van der Waals surface area contributed by atoms with E-state index in [0.29, 0.717) is 5.78 Å². The first-order valence-electron chi connectivity index (χ1n) is 4.30. The van der Waals surface area contributed by atoms with E-state index in [2.05, 4.69) is 11.8 Å². The van der Waals surface area contributed by atoms with Gasteiger partial charge in [0.2, 0.25) is 0 Å². The Morgan fingerprint density at radius 3 is 2.73 bits per heavy atom. The molecule has 2 fully saturated rings. The Balaban J connectivity index is 1.71. The van der Waals surface area contributed by atoms with Crippen LogP contribution in [0, 0.1) is 11.3 Å². The molecule has 0 bridgehead atoms. The zero-order chi connectivity index (χ0) is 7.90. The fourth-order valence-electron chi connectivity index (χ4n) is 1.94. The summed E-state index contributed by atoms with van der Waals surface area (Å²) in [4.78, 5) is 10.7. The lowest BCUT2D eigenvalue weighted by Gasteiger charge is -2.26. The third-order valence-corrected chi connectivity index (χ3v) is 4.54. The van der Waals surface area contributed by atoms with E-state index in [9.17, 15) is 4.79 Å². The van der Waals surface area contributed by atoms with Crippen molar-refractivity contribution in [3.63, 3.8) is 0 Å². The maximum absolute atomic E-state index is 10.7. The summed E-state index contributed by atoms with van der Waals surface area (Å²) < 4.78 is 0. The molecule has 1 saturated carbocycles. The molecule has 11 heavy (non-hydrogen) atoms. The molecule has 2 aliphatic rings. The molecule has 0 N–H and O–H groups in total. The largest absolute Gasteiger partial charge is 0.300 e. The molecular weight excluding hydrogens is 156 g/mol. The summed E-state index contributed by atoms with van der Waals surface area (Å²) in [6.07, 6.45) is 3.39. The number of hydrogen-bond donors (Lipinski definition) is 0. The lowest BCUT2D eigenvalue weighted by atomic mass is 10.0. The zero-order valence-electron chi connectivity index (χ0n) is 6.93. The molecule has 1 saturated heterocycles. The van der Waals surface area contributed by atoms with Crippen LogP contribution < -0.4 is 0 Å². The normalized spacial score (nSPS) is 31.5. The highest BCUT2D eigenvalue weighted by Gasteiger charge is 2.57. The van der Waals surface area contributed by atoms with Gasteiger partial charge >= 0.3 is 0 Å². The molecule has 2 heteroatoms. The molecule has 1 nitrogen and oxygen atoms in total. The van der Waals surface area contributed by atoms with Crippen molar-refractivity contribution in [1.29, 1.82) is 0 Å². The van der Waals surface area contributed by atoms with E-state index in [1.165, 1.54) is 17.9 Å². The molecule has 0 radical (unpaired) electrons. The number of carbonyl (C=O) groups excluding carboxylic acids is 1. The van der Waals surface area contributed by atoms with Crippen LogP contribution in [0.4, 0.5) is 0 Å². The molecule has 0 aromatic heterocycles. The fraction of sp³-hybridized carbons (Fsp3) is 0.889. The van der Waals surface area contributed by atoms with Crippen molar-refractivity contribution in [3.05, 3.63) is 0 Å². The summed E-state index contributed by atoms with van der Waals surface area (Å²) in [6.45, 7) is 1.70. The van der Waals surface area contributed by atoms with E-state index in [-0.39, 0.29) is 0 Å². The first-order valence-corrected chi connectivity index (χ1v) is 5.46. The molecule has 1 heterocycles. The molecule has 2 rings (SSSR count). The topological polar surface area (TPSA) is 17.1 Å². The smallest absolute Gasteiger partial charge is 0.129 e. The molecule has 1 aliphatic heterocycles. The van der Waals surface area contributed by atoms with Gasteiger partial charge in [-0.1, -0.05) is 0 Å². The van der Waals surface area contributed by atoms with Crippen LogP contribution in [-0.2, 0) is 4.79 Å². The Labute approximate surface area is 71.9 Å². The molecule has 1 atom stereocenters. The summed E-state index contributed by atoms with van der Waals surface area (Å²) in [7, 11) is 0. The summed E-state index contributed by atoms with van der Waals surface area (Å²) in [5.74, 6) is 4.01. The highest BCUT2D eigenvalue weighted by atomic mass is 32.2. The highest BCUT2D eigenvalue weighted by molar-refractivity contribution is 8.00. The van der Waals surface area contributed by atoms with Crippen LogP contribution in [0.15, 0.2) is 0 Å². The van der Waals surface area contributed by atoms with Crippen molar-refractivity contribution >= 4 is 17.5 Å². The second kappa shape index (κ2) is 2.51. The van der Waals surface area contributed by atoms with E-state index in [4.69, 9.17) is 0 Å². The minimum atomic E-state index is 0.360. The summed E-state index contributed by atoms with van der Waals surface area (Å²) in [5, 5.41) is 0. The van der Waals surface area contributed by atoms with E-state index < -0.39 is 0 Å². The minimum absolute atomic E-state index is 0.360. The van der Waals surface area contributed by atoms with Gasteiger partial charge in [-0.3, -0.25) is 0 Å². The summed E-state index contributed by atoms with van der Waals surface area (Å²) in [5.41, 5.74) is 0.736. The van der Waals surface area contributed by atoms with E-state index in [1.54, 1.807) is 6.92 Å². The van der Waals surface area contributed by atoms with Gasteiger partial charge in [-0.2, -0.15) is 11.8 Å². The average molecular weight is 170 g/mol. The number of rotatable bonds is 3. The number of hydrogen-bond acceptors (Lipinski definition) is 2. The average Bonchev–Trinajstić information content (AvgIpc) is 2.55. The second-order valence-electron chi connectivity index (χ2n) is 4.00. The van der Waals surface area contributed by atoms with E-state index >= 15 is 0 Å². The lowest BCUT2D eigenvalue weighted by Crippen LogP contribution is -2.22. The van der Waals surface area contributed by atoms with Crippen molar-refractivity contribution in [3.8, 4) is 0 Å². The molecule has 0 aromatic carbocycles. The van der Waals surface area contributed by atoms with Gasteiger partial charge in [-0.05, 0) is 31.1 Å². The van der Waals surface area contributed by atoms with Gasteiger partial charge in [0, 0.05) is 17.9 Å². The molecule has 0 amide bonds. The van der Waals surface area contributed by atoms with Gasteiger partial charge < -0.3 is 4.79 Å². The van der Waals surface area contributed by atoms with Crippen LogP contribution >= 0.6 is 11.8 Å². The summed E-state index contributed by atoms with van der Waals surface area (Å²) in [6, 6.07) is 0. The minimum Gasteiger partial charge on any atom is -0.300 e. The Bertz CT molecular complexity index is 184. The van der Waals surface area contributed by atoms with Gasteiger partial charge in [-0.25, -0.2) is 0 Å². The van der Waals surface area contributed by atoms with E-state index in [1.807, 2.05) is 0 Å². The maximum Gasteiger partial charge on any atom is 0.129 e. The van der Waals surface area contributed by atoms with Gasteiger partial charge in [0.25, 0.3) is 0 Å². The first kappa shape index (κ1) is 7.66. The lowest BCUT2D eigenvalue weighted by molar-refractivity contribution is -0.117. The van der Waals surface area contributed by atoms with Crippen molar-refractivity contribution in [2.75, 3.05) is 11.5 Å². The van der Waals surface area contributed by atoms with Crippen LogP contribution in [0.2, 0.25) is 0 Å². The molecule has 0 aromatic rings. The molecule has 1 aliphatic carbocycles. The number of Topliss-reactive ketones (excluding diaryl/α,β-unsaturated/α-hetero) is 1. The fourth-order valence-corrected chi connectivity index (χ4v) is 3.37. The number of carbonyl (C=O) groups is 1. The van der Waals surface area contributed by atoms with Gasteiger partial charge in [0.1, 0.15) is 5.78 Å². The number of ketones is 1. The molecule has 62 valence electrons. The predicted molar refractivity (Wildman–Crippen MR) is 47.8 cm³/mol. The third kappa shape index (κ3) is 1.33. The van der Waals surface area contributed by atoms with Crippen LogP contribution in [0.25, 0.3) is 0 Å². The Morgan fingerprint density at radius 1 is 1.64 bits per heavy atom. The second-order valence-corrected chi connectivity index (χ2v) is 4.98. The standard InChI is InChI=1S/C9H14OS/c1-7(10)2-3-8-4-9(8)5-11-6-9/h8H,2-6H2,1H3. The van der Waals surface area contributed by atoms with Crippen molar-refractivity contribution < 1.29 is 4.79 Å². The highest BCUT2D eigenvalue weighted by Crippen LogP contribution is 2.64. The van der Waals surface area contributed by atoms with Gasteiger partial charge in [0.15, 0.2) is 0 Å². The Morgan fingerprint density at radius 2 is 2.36 bits per heavy atom. The first-order chi connectivity index (χ1) is 5.23. The third-order valence-electron chi connectivity index (χ3n) is 2.98. The zero-order valence-corrected chi connectivity index (χ0v) is 7.75. The molecule has 1 spiro atoms. The monoisotopic (exact) mass is 170 g/mol. The van der Waals surface area contributed by atoms with Crippen LogP contribution in [-0.4, -0.2) is 17.3 Å². The SMILES string of the molecule is CC(=O)CCC1CC12CSC2. The summed E-state index contributed by atoms with van der Waals surface area (Å²) >= 11 is 2.06. The Hall–Kier alpha value is 0.0200. The van der Waals surface area contributed by atoms with Crippen LogP contribution in [0.3, 0.4) is 0 Å². The predicted octanol–water partition coefficient (Wildman–Crippen LogP) is 2.11. The van der Waals surface area contributed by atoms with Gasteiger partial charge in [0.05, 0.1) is 0 Å². The maximum atomic E-state index is 10.7. The molecule has 1 unspecified atom stereocenters. The van der Waals surface area contributed by atoms with Crippen molar-refractivity contribution in [1.82, 2.24) is 0 Å². The van der Waals surface area contributed by atoms with Crippen molar-refractivity contribution in [2.24, 2.45) is 11.3 Å². The molecular formula is C9H14OS. The van der Waals surface area contributed by atoms with Gasteiger partial charge in [-0.15, -0.1) is 0 Å².